The SMILES string of the molecule is COc1ccccc1NS(=O)(=O)c1cc(C(=O)Nc2ccc(F)cc2C)ccc1C. The molecule has 156 valence electrons. The van der Waals surface area contributed by atoms with E-state index in [0.29, 0.717) is 22.6 Å². The minimum Gasteiger partial charge on any atom is -0.495 e. The molecule has 0 aromatic heterocycles. The number of carbonyl (C=O) groups is 1. The summed E-state index contributed by atoms with van der Waals surface area (Å²) in [4.78, 5) is 12.6. The predicted octanol–water partition coefficient (Wildman–Crippen LogP) is 4.50. The van der Waals surface area contributed by atoms with Gasteiger partial charge in [-0.3, -0.25) is 9.52 Å². The minimum atomic E-state index is -3.98. The summed E-state index contributed by atoms with van der Waals surface area (Å²) in [5.41, 5.74) is 1.92. The molecule has 0 spiro atoms. The molecule has 0 saturated heterocycles. The van der Waals surface area contributed by atoms with Crippen LogP contribution in [0.2, 0.25) is 0 Å². The topological polar surface area (TPSA) is 84.5 Å². The van der Waals surface area contributed by atoms with Crippen LogP contribution in [0.4, 0.5) is 15.8 Å². The number of ether oxygens (including phenoxy) is 1. The maximum absolute atomic E-state index is 13.3. The Morgan fingerprint density at radius 1 is 0.933 bits per heavy atom. The van der Waals surface area contributed by atoms with Gasteiger partial charge in [0.25, 0.3) is 15.9 Å². The standard InChI is InChI=1S/C22H21FN2O4S/c1-14-8-9-16(22(26)24-18-11-10-17(23)12-15(18)2)13-21(14)30(27,28)25-19-6-4-5-7-20(19)29-3/h4-13,25H,1-3H3,(H,24,26). The van der Waals surface area contributed by atoms with Gasteiger partial charge in [-0.2, -0.15) is 0 Å². The predicted molar refractivity (Wildman–Crippen MR) is 114 cm³/mol. The van der Waals surface area contributed by atoms with Crippen LogP contribution in [0.1, 0.15) is 21.5 Å². The number of para-hydroxylation sites is 2. The van der Waals surface area contributed by atoms with Crippen molar-refractivity contribution in [1.82, 2.24) is 0 Å². The Bertz CT molecular complexity index is 1210. The van der Waals surface area contributed by atoms with E-state index in [1.807, 2.05) is 0 Å². The lowest BCUT2D eigenvalue weighted by atomic mass is 10.1. The Hall–Kier alpha value is -3.39. The lowest BCUT2D eigenvalue weighted by Crippen LogP contribution is -2.17. The molecule has 0 radical (unpaired) electrons. The zero-order valence-corrected chi connectivity index (χ0v) is 17.5. The lowest BCUT2D eigenvalue weighted by Gasteiger charge is -2.14. The number of anilines is 2. The number of hydrogen-bond acceptors (Lipinski definition) is 4. The third kappa shape index (κ3) is 4.60. The highest BCUT2D eigenvalue weighted by Crippen LogP contribution is 2.28. The quantitative estimate of drug-likeness (QED) is 0.605. The highest BCUT2D eigenvalue weighted by Gasteiger charge is 2.21. The van der Waals surface area contributed by atoms with Gasteiger partial charge >= 0.3 is 0 Å². The van der Waals surface area contributed by atoms with Gasteiger partial charge in [0.15, 0.2) is 0 Å². The molecule has 2 N–H and O–H groups in total. The van der Waals surface area contributed by atoms with Crippen LogP contribution in [0.15, 0.2) is 65.6 Å². The normalized spacial score (nSPS) is 11.1. The first-order valence-corrected chi connectivity index (χ1v) is 10.5. The van der Waals surface area contributed by atoms with Crippen molar-refractivity contribution in [3.8, 4) is 5.75 Å². The van der Waals surface area contributed by atoms with Crippen LogP contribution in [-0.4, -0.2) is 21.4 Å². The Balaban J connectivity index is 1.91. The number of methoxy groups -OCH3 is 1. The molecular formula is C22H21FN2O4S. The zero-order chi connectivity index (χ0) is 21.9. The smallest absolute Gasteiger partial charge is 0.262 e. The molecule has 3 aromatic rings. The second-order valence-corrected chi connectivity index (χ2v) is 8.35. The van der Waals surface area contributed by atoms with Gasteiger partial charge < -0.3 is 10.1 Å². The van der Waals surface area contributed by atoms with E-state index in [9.17, 15) is 17.6 Å². The fourth-order valence-corrected chi connectivity index (χ4v) is 4.26. The largest absolute Gasteiger partial charge is 0.495 e. The van der Waals surface area contributed by atoms with E-state index in [1.54, 1.807) is 44.2 Å². The summed E-state index contributed by atoms with van der Waals surface area (Å²) < 4.78 is 46.9. The number of benzene rings is 3. The molecule has 0 aliphatic heterocycles. The molecule has 0 bridgehead atoms. The van der Waals surface area contributed by atoms with Crippen LogP contribution in [0.3, 0.4) is 0 Å². The molecule has 1 amide bonds. The average Bonchev–Trinajstić information content (AvgIpc) is 2.70. The third-order valence-electron chi connectivity index (χ3n) is 4.53. The summed E-state index contributed by atoms with van der Waals surface area (Å²) in [5, 5.41) is 2.68. The van der Waals surface area contributed by atoms with E-state index in [4.69, 9.17) is 4.74 Å². The van der Waals surface area contributed by atoms with Gasteiger partial charge in [0.05, 0.1) is 17.7 Å². The number of nitrogens with one attached hydrogen (secondary N) is 2. The number of aryl methyl sites for hydroxylation is 2. The fourth-order valence-electron chi connectivity index (χ4n) is 2.92. The number of hydrogen-bond donors (Lipinski definition) is 2. The van der Waals surface area contributed by atoms with Crippen LogP contribution in [0.5, 0.6) is 5.75 Å². The Kier molecular flexibility index (Phi) is 6.07. The van der Waals surface area contributed by atoms with Crippen molar-refractivity contribution in [2.45, 2.75) is 18.7 Å². The van der Waals surface area contributed by atoms with E-state index in [0.717, 1.165) is 0 Å². The molecule has 0 saturated carbocycles. The van der Waals surface area contributed by atoms with Gasteiger partial charge in [-0.05, 0) is 67.4 Å². The third-order valence-corrected chi connectivity index (χ3v) is 6.04. The maximum atomic E-state index is 13.3. The minimum absolute atomic E-state index is 0.0307. The van der Waals surface area contributed by atoms with Crippen molar-refractivity contribution in [2.24, 2.45) is 0 Å². The number of halogens is 1. The molecule has 0 unspecified atom stereocenters. The second kappa shape index (κ2) is 8.54. The molecule has 0 aliphatic carbocycles. The summed E-state index contributed by atoms with van der Waals surface area (Å²) in [5.74, 6) is -0.533. The van der Waals surface area contributed by atoms with Gasteiger partial charge in [0.1, 0.15) is 11.6 Å². The van der Waals surface area contributed by atoms with E-state index in [1.165, 1.54) is 37.4 Å². The molecular weight excluding hydrogens is 407 g/mol. The molecule has 3 aromatic carbocycles. The Morgan fingerprint density at radius 2 is 1.67 bits per heavy atom. The molecule has 30 heavy (non-hydrogen) atoms. The van der Waals surface area contributed by atoms with Gasteiger partial charge in [0.2, 0.25) is 0 Å². The fraction of sp³-hybridized carbons (Fsp3) is 0.136. The summed E-state index contributed by atoms with van der Waals surface area (Å²) in [6.07, 6.45) is 0. The molecule has 0 fully saturated rings. The lowest BCUT2D eigenvalue weighted by molar-refractivity contribution is 0.102. The number of amides is 1. The van der Waals surface area contributed by atoms with Gasteiger partial charge in [-0.15, -0.1) is 0 Å². The number of rotatable bonds is 6. The number of sulfonamides is 1. The first kappa shape index (κ1) is 21.3. The van der Waals surface area contributed by atoms with E-state index < -0.39 is 21.7 Å². The van der Waals surface area contributed by atoms with Gasteiger partial charge in [-0.1, -0.05) is 18.2 Å². The van der Waals surface area contributed by atoms with Gasteiger partial charge in [0, 0.05) is 11.3 Å². The van der Waals surface area contributed by atoms with Gasteiger partial charge in [-0.25, -0.2) is 12.8 Å². The molecule has 6 nitrogen and oxygen atoms in total. The molecule has 0 atom stereocenters. The summed E-state index contributed by atoms with van der Waals surface area (Å²) in [7, 11) is -2.53. The van der Waals surface area contributed by atoms with Crippen molar-refractivity contribution in [2.75, 3.05) is 17.1 Å². The Morgan fingerprint density at radius 3 is 2.37 bits per heavy atom. The molecule has 8 heteroatoms. The highest BCUT2D eigenvalue weighted by atomic mass is 32.2. The van der Waals surface area contributed by atoms with E-state index in [-0.39, 0.29) is 16.1 Å². The summed E-state index contributed by atoms with van der Waals surface area (Å²) in [6.45, 7) is 3.31. The maximum Gasteiger partial charge on any atom is 0.262 e. The summed E-state index contributed by atoms with van der Waals surface area (Å²) in [6, 6.07) is 15.0. The molecule has 0 aliphatic rings. The van der Waals surface area contributed by atoms with E-state index >= 15 is 0 Å². The second-order valence-electron chi connectivity index (χ2n) is 6.70. The van der Waals surface area contributed by atoms with Crippen LogP contribution in [0.25, 0.3) is 0 Å². The monoisotopic (exact) mass is 428 g/mol. The van der Waals surface area contributed by atoms with Crippen molar-refractivity contribution in [3.05, 3.63) is 83.2 Å². The van der Waals surface area contributed by atoms with Crippen LogP contribution < -0.4 is 14.8 Å². The average molecular weight is 428 g/mol. The first-order valence-electron chi connectivity index (χ1n) is 9.05. The van der Waals surface area contributed by atoms with Crippen LogP contribution in [0, 0.1) is 19.7 Å². The van der Waals surface area contributed by atoms with Crippen LogP contribution >= 0.6 is 0 Å². The van der Waals surface area contributed by atoms with E-state index in [2.05, 4.69) is 10.0 Å². The number of carbonyl (C=O) groups excluding carboxylic acids is 1. The Labute approximate surface area is 174 Å². The van der Waals surface area contributed by atoms with Crippen molar-refractivity contribution in [3.63, 3.8) is 0 Å². The summed E-state index contributed by atoms with van der Waals surface area (Å²) >= 11 is 0. The first-order chi connectivity index (χ1) is 14.2. The van der Waals surface area contributed by atoms with Crippen molar-refractivity contribution < 1.29 is 22.3 Å². The molecule has 0 heterocycles. The highest BCUT2D eigenvalue weighted by molar-refractivity contribution is 7.92. The van der Waals surface area contributed by atoms with Crippen LogP contribution in [-0.2, 0) is 10.0 Å². The zero-order valence-electron chi connectivity index (χ0n) is 16.7. The molecule has 3 rings (SSSR count). The van der Waals surface area contributed by atoms with Crippen molar-refractivity contribution in [1.29, 1.82) is 0 Å². The van der Waals surface area contributed by atoms with Crippen molar-refractivity contribution >= 4 is 27.3 Å².